The van der Waals surface area contributed by atoms with Gasteiger partial charge in [0.1, 0.15) is 6.04 Å². The van der Waals surface area contributed by atoms with Crippen molar-refractivity contribution in [1.82, 2.24) is 15.5 Å². The van der Waals surface area contributed by atoms with E-state index in [0.717, 1.165) is 38.9 Å². The minimum atomic E-state index is -0.190. The Morgan fingerprint density at radius 2 is 2.29 bits per heavy atom. The van der Waals surface area contributed by atoms with E-state index >= 15 is 0 Å². The topological polar surface area (TPSA) is 68.2 Å². The molecule has 17 heavy (non-hydrogen) atoms. The molecule has 1 atom stereocenters. The first kappa shape index (κ1) is 12.3. The van der Waals surface area contributed by atoms with E-state index in [1.165, 1.54) is 0 Å². The number of likely N-dealkylation sites (tertiary alicyclic amines) is 1. The van der Waals surface area contributed by atoms with Gasteiger partial charge in [-0.3, -0.25) is 4.79 Å². The maximum Gasteiger partial charge on any atom is 0.237 e. The van der Waals surface area contributed by atoms with Crippen molar-refractivity contribution >= 4 is 5.91 Å². The third-order valence-electron chi connectivity index (χ3n) is 3.86. The third kappa shape index (κ3) is 2.76. The lowest BCUT2D eigenvalue weighted by Crippen LogP contribution is -2.57. The van der Waals surface area contributed by atoms with Gasteiger partial charge in [-0.2, -0.15) is 5.26 Å². The molecule has 2 heterocycles. The van der Waals surface area contributed by atoms with Crippen LogP contribution >= 0.6 is 0 Å². The Bertz CT molecular complexity index is 330. The van der Waals surface area contributed by atoms with Crippen LogP contribution in [0, 0.1) is 11.3 Å². The maximum absolute atomic E-state index is 11.9. The summed E-state index contributed by atoms with van der Waals surface area (Å²) in [6.07, 6.45) is 2.91. The molecule has 0 aromatic carbocycles. The Hall–Kier alpha value is -1.12. The van der Waals surface area contributed by atoms with Crippen molar-refractivity contribution in [2.45, 2.75) is 37.8 Å². The Morgan fingerprint density at radius 1 is 1.59 bits per heavy atom. The van der Waals surface area contributed by atoms with Crippen molar-refractivity contribution in [3.63, 3.8) is 0 Å². The molecule has 5 nitrogen and oxygen atoms in total. The fourth-order valence-electron chi connectivity index (χ4n) is 2.37. The second kappa shape index (κ2) is 5.03. The molecule has 0 aromatic heterocycles. The van der Waals surface area contributed by atoms with Crippen molar-refractivity contribution in [3.8, 4) is 6.07 Å². The molecule has 0 saturated carbocycles. The molecule has 0 unspecified atom stereocenters. The number of nitriles is 1. The number of hydrogen-bond acceptors (Lipinski definition) is 4. The molecular weight excluding hydrogens is 216 g/mol. The smallest absolute Gasteiger partial charge is 0.237 e. The highest BCUT2D eigenvalue weighted by Gasteiger charge is 2.33. The van der Waals surface area contributed by atoms with Crippen molar-refractivity contribution in [2.24, 2.45) is 0 Å². The van der Waals surface area contributed by atoms with Crippen LogP contribution in [0.2, 0.25) is 0 Å². The number of amides is 1. The zero-order chi connectivity index (χ0) is 12.3. The van der Waals surface area contributed by atoms with E-state index in [1.807, 2.05) is 0 Å². The quantitative estimate of drug-likeness (QED) is 0.714. The van der Waals surface area contributed by atoms with Gasteiger partial charge in [0.15, 0.2) is 0 Å². The van der Waals surface area contributed by atoms with Crippen LogP contribution in [0.3, 0.4) is 0 Å². The summed E-state index contributed by atoms with van der Waals surface area (Å²) in [5.41, 5.74) is 0.0634. The van der Waals surface area contributed by atoms with Gasteiger partial charge < -0.3 is 15.5 Å². The number of hydrogen-bond donors (Lipinski definition) is 2. The lowest BCUT2D eigenvalue weighted by Gasteiger charge is -2.39. The molecule has 2 N–H and O–H groups in total. The van der Waals surface area contributed by atoms with Gasteiger partial charge in [0.05, 0.1) is 12.6 Å². The normalized spacial score (nSPS) is 27.1. The summed E-state index contributed by atoms with van der Waals surface area (Å²) in [7, 11) is 0. The fraction of sp³-hybridized carbons (Fsp3) is 0.833. The van der Waals surface area contributed by atoms with Gasteiger partial charge >= 0.3 is 0 Å². The largest absolute Gasteiger partial charge is 0.325 e. The first-order valence-corrected chi connectivity index (χ1v) is 6.29. The molecule has 2 fully saturated rings. The summed E-state index contributed by atoms with van der Waals surface area (Å²) in [6.45, 7) is 5.26. The predicted molar refractivity (Wildman–Crippen MR) is 64.2 cm³/mol. The lowest BCUT2D eigenvalue weighted by atomic mass is 9.90. The SMILES string of the molecule is CC1(NCC(=O)N2CC[C@H]2C#N)CCNCC1. The van der Waals surface area contributed by atoms with Gasteiger partial charge in [-0.25, -0.2) is 0 Å². The molecule has 5 heteroatoms. The summed E-state index contributed by atoms with van der Waals surface area (Å²) < 4.78 is 0. The van der Waals surface area contributed by atoms with Crippen molar-refractivity contribution in [3.05, 3.63) is 0 Å². The summed E-state index contributed by atoms with van der Waals surface area (Å²) >= 11 is 0. The van der Waals surface area contributed by atoms with E-state index in [4.69, 9.17) is 5.26 Å². The van der Waals surface area contributed by atoms with Crippen molar-refractivity contribution in [1.29, 1.82) is 5.26 Å². The number of nitrogens with one attached hydrogen (secondary N) is 2. The van der Waals surface area contributed by atoms with E-state index in [2.05, 4.69) is 23.6 Å². The Balaban J connectivity index is 1.78. The molecule has 0 aliphatic carbocycles. The molecule has 0 spiro atoms. The van der Waals surface area contributed by atoms with E-state index in [1.54, 1.807) is 4.90 Å². The maximum atomic E-state index is 11.9. The van der Waals surface area contributed by atoms with Gasteiger partial charge in [0.25, 0.3) is 0 Å². The third-order valence-corrected chi connectivity index (χ3v) is 3.86. The van der Waals surface area contributed by atoms with Crippen molar-refractivity contribution in [2.75, 3.05) is 26.2 Å². The molecule has 2 aliphatic rings. The van der Waals surface area contributed by atoms with Crippen LogP contribution in [0.1, 0.15) is 26.2 Å². The standard InChI is InChI=1S/C12H20N4O/c1-12(3-5-14-6-4-12)15-9-11(17)16-7-2-10(16)8-13/h10,14-15H,2-7,9H2,1H3/t10-/m0/s1. The highest BCUT2D eigenvalue weighted by molar-refractivity contribution is 5.79. The Labute approximate surface area is 102 Å². The van der Waals surface area contributed by atoms with Gasteiger partial charge in [-0.05, 0) is 39.3 Å². The average Bonchev–Trinajstić information content (AvgIpc) is 2.27. The summed E-state index contributed by atoms with van der Waals surface area (Å²) in [6, 6.07) is 1.96. The van der Waals surface area contributed by atoms with E-state index in [0.29, 0.717) is 6.54 Å². The van der Waals surface area contributed by atoms with Crippen LogP contribution < -0.4 is 10.6 Å². The zero-order valence-corrected chi connectivity index (χ0v) is 10.3. The predicted octanol–water partition coefficient (Wildman–Crippen LogP) is -0.157. The average molecular weight is 236 g/mol. The van der Waals surface area contributed by atoms with Crippen LogP contribution in [0.25, 0.3) is 0 Å². The number of piperidine rings is 1. The number of nitrogens with zero attached hydrogens (tertiary/aromatic N) is 2. The van der Waals surface area contributed by atoms with Crippen LogP contribution in [-0.2, 0) is 4.79 Å². The molecule has 0 aromatic rings. The summed E-state index contributed by atoms with van der Waals surface area (Å²) in [5.74, 6) is 0.0579. The molecule has 2 saturated heterocycles. The molecule has 94 valence electrons. The molecule has 2 rings (SSSR count). The summed E-state index contributed by atoms with van der Waals surface area (Å²) in [5, 5.41) is 15.5. The minimum absolute atomic E-state index is 0.0579. The number of rotatable bonds is 3. The highest BCUT2D eigenvalue weighted by Crippen LogP contribution is 2.19. The lowest BCUT2D eigenvalue weighted by molar-refractivity contribution is -0.136. The van der Waals surface area contributed by atoms with Crippen LogP contribution in [0.15, 0.2) is 0 Å². The van der Waals surface area contributed by atoms with E-state index < -0.39 is 0 Å². The van der Waals surface area contributed by atoms with Crippen LogP contribution in [0.4, 0.5) is 0 Å². The minimum Gasteiger partial charge on any atom is -0.325 e. The number of carbonyl (C=O) groups excluding carboxylic acids is 1. The first-order valence-electron chi connectivity index (χ1n) is 6.29. The second-order valence-electron chi connectivity index (χ2n) is 5.18. The highest BCUT2D eigenvalue weighted by atomic mass is 16.2. The monoisotopic (exact) mass is 236 g/mol. The Kier molecular flexibility index (Phi) is 3.65. The second-order valence-corrected chi connectivity index (χ2v) is 5.18. The van der Waals surface area contributed by atoms with E-state index in [-0.39, 0.29) is 17.5 Å². The molecular formula is C12H20N4O. The van der Waals surface area contributed by atoms with Gasteiger partial charge in [0.2, 0.25) is 5.91 Å². The van der Waals surface area contributed by atoms with Gasteiger partial charge in [-0.1, -0.05) is 0 Å². The van der Waals surface area contributed by atoms with Gasteiger partial charge in [-0.15, -0.1) is 0 Å². The van der Waals surface area contributed by atoms with E-state index in [9.17, 15) is 4.79 Å². The zero-order valence-electron chi connectivity index (χ0n) is 10.3. The molecule has 0 bridgehead atoms. The number of carbonyl (C=O) groups is 1. The van der Waals surface area contributed by atoms with Crippen LogP contribution in [-0.4, -0.2) is 48.6 Å². The first-order chi connectivity index (χ1) is 8.14. The fourth-order valence-corrected chi connectivity index (χ4v) is 2.37. The van der Waals surface area contributed by atoms with Gasteiger partial charge in [0, 0.05) is 12.1 Å². The molecule has 1 amide bonds. The molecule has 2 aliphatic heterocycles. The summed E-state index contributed by atoms with van der Waals surface area (Å²) in [4.78, 5) is 13.5. The van der Waals surface area contributed by atoms with Crippen molar-refractivity contribution < 1.29 is 4.79 Å². The Morgan fingerprint density at radius 3 is 2.82 bits per heavy atom. The van der Waals surface area contributed by atoms with Crippen LogP contribution in [0.5, 0.6) is 0 Å². The molecule has 0 radical (unpaired) electrons.